The molecule has 1 N–H and O–H groups in total. The number of benzene rings is 1. The minimum absolute atomic E-state index is 0.134. The zero-order valence-electron chi connectivity index (χ0n) is 12.0. The van der Waals surface area contributed by atoms with E-state index in [2.05, 4.69) is 33.0 Å². The Morgan fingerprint density at radius 3 is 2.33 bits per heavy atom. The lowest BCUT2D eigenvalue weighted by Gasteiger charge is -2.21. The van der Waals surface area contributed by atoms with Crippen molar-refractivity contribution in [2.24, 2.45) is 11.8 Å². The first-order valence-corrected chi connectivity index (χ1v) is 6.95. The number of halogens is 1. The maximum Gasteiger partial charge on any atom is 0.123 e. The Labute approximate surface area is 111 Å². The van der Waals surface area contributed by atoms with Gasteiger partial charge in [0, 0.05) is 6.54 Å². The molecule has 1 atom stereocenters. The lowest BCUT2D eigenvalue weighted by Crippen LogP contribution is -2.26. The fourth-order valence-electron chi connectivity index (χ4n) is 2.21. The van der Waals surface area contributed by atoms with Crippen LogP contribution in [0.3, 0.4) is 0 Å². The van der Waals surface area contributed by atoms with E-state index >= 15 is 0 Å². The van der Waals surface area contributed by atoms with E-state index in [1.807, 2.05) is 6.07 Å². The van der Waals surface area contributed by atoms with Crippen molar-refractivity contribution in [3.63, 3.8) is 0 Å². The van der Waals surface area contributed by atoms with Crippen LogP contribution in [0.1, 0.15) is 45.6 Å². The van der Waals surface area contributed by atoms with Crippen molar-refractivity contribution in [3.8, 4) is 0 Å². The molecule has 0 bridgehead atoms. The van der Waals surface area contributed by atoms with E-state index in [-0.39, 0.29) is 5.82 Å². The van der Waals surface area contributed by atoms with Gasteiger partial charge in [-0.3, -0.25) is 0 Å². The van der Waals surface area contributed by atoms with Gasteiger partial charge in [-0.05, 0) is 48.4 Å². The van der Waals surface area contributed by atoms with Crippen LogP contribution in [0.15, 0.2) is 24.3 Å². The van der Waals surface area contributed by atoms with Gasteiger partial charge in [-0.1, -0.05) is 39.8 Å². The molecule has 0 heterocycles. The molecule has 0 aromatic heterocycles. The van der Waals surface area contributed by atoms with Crippen molar-refractivity contribution >= 4 is 0 Å². The maximum absolute atomic E-state index is 13.3. The molecule has 0 amide bonds. The second-order valence-corrected chi connectivity index (χ2v) is 5.93. The first-order chi connectivity index (χ1) is 8.49. The van der Waals surface area contributed by atoms with Crippen LogP contribution < -0.4 is 5.32 Å². The molecule has 1 aromatic rings. The highest BCUT2D eigenvalue weighted by molar-refractivity contribution is 5.21. The van der Waals surface area contributed by atoms with Crippen molar-refractivity contribution in [3.05, 3.63) is 35.6 Å². The minimum Gasteiger partial charge on any atom is -0.316 e. The van der Waals surface area contributed by atoms with Gasteiger partial charge in [-0.25, -0.2) is 4.39 Å². The van der Waals surface area contributed by atoms with E-state index in [4.69, 9.17) is 0 Å². The molecule has 0 fully saturated rings. The average molecular weight is 251 g/mol. The van der Waals surface area contributed by atoms with E-state index in [1.165, 1.54) is 6.07 Å². The molecule has 0 aliphatic carbocycles. The summed E-state index contributed by atoms with van der Waals surface area (Å²) in [6.45, 7) is 10.8. The summed E-state index contributed by atoms with van der Waals surface area (Å²) < 4.78 is 13.3. The summed E-state index contributed by atoms with van der Waals surface area (Å²) in [5, 5.41) is 3.49. The Kier molecular flexibility index (Phi) is 6.34. The standard InChI is InChI=1S/C16H26FN/c1-12(2)8-15(11-18-10-13(3)4)14-6-5-7-16(17)9-14/h5-7,9,12-13,15,18H,8,10-11H2,1-4H3. The monoisotopic (exact) mass is 251 g/mol. The summed E-state index contributed by atoms with van der Waals surface area (Å²) in [5.41, 5.74) is 1.11. The molecule has 0 radical (unpaired) electrons. The van der Waals surface area contributed by atoms with Crippen molar-refractivity contribution < 1.29 is 4.39 Å². The number of nitrogens with one attached hydrogen (secondary N) is 1. The number of hydrogen-bond acceptors (Lipinski definition) is 1. The van der Waals surface area contributed by atoms with Crippen LogP contribution in [0, 0.1) is 17.7 Å². The third kappa shape index (κ3) is 5.63. The van der Waals surface area contributed by atoms with Gasteiger partial charge >= 0.3 is 0 Å². The van der Waals surface area contributed by atoms with Crippen molar-refractivity contribution in [1.29, 1.82) is 0 Å². The van der Waals surface area contributed by atoms with Gasteiger partial charge in [0.15, 0.2) is 0 Å². The molecule has 0 saturated carbocycles. The summed E-state index contributed by atoms with van der Waals surface area (Å²) in [6, 6.07) is 7.02. The average Bonchev–Trinajstić information content (AvgIpc) is 2.26. The van der Waals surface area contributed by atoms with Gasteiger partial charge in [0.25, 0.3) is 0 Å². The Balaban J connectivity index is 2.65. The SMILES string of the molecule is CC(C)CNCC(CC(C)C)c1cccc(F)c1. The molecule has 1 nitrogen and oxygen atoms in total. The lowest BCUT2D eigenvalue weighted by atomic mass is 9.90. The number of hydrogen-bond donors (Lipinski definition) is 1. The molecule has 0 aliphatic heterocycles. The van der Waals surface area contributed by atoms with Crippen molar-refractivity contribution in [2.45, 2.75) is 40.0 Å². The maximum atomic E-state index is 13.3. The fraction of sp³-hybridized carbons (Fsp3) is 0.625. The van der Waals surface area contributed by atoms with Crippen molar-refractivity contribution in [2.75, 3.05) is 13.1 Å². The molecule has 1 rings (SSSR count). The van der Waals surface area contributed by atoms with Crippen LogP contribution in [-0.2, 0) is 0 Å². The Hall–Kier alpha value is -0.890. The highest BCUT2D eigenvalue weighted by Gasteiger charge is 2.14. The molecule has 1 unspecified atom stereocenters. The Bertz CT molecular complexity index is 347. The first-order valence-electron chi connectivity index (χ1n) is 6.95. The van der Waals surface area contributed by atoms with Crippen molar-refractivity contribution in [1.82, 2.24) is 5.32 Å². The molecule has 102 valence electrons. The Morgan fingerprint density at radius 1 is 1.06 bits per heavy atom. The van der Waals surface area contributed by atoms with E-state index in [0.29, 0.717) is 17.8 Å². The topological polar surface area (TPSA) is 12.0 Å². The van der Waals surface area contributed by atoms with Crippen LogP contribution in [0.2, 0.25) is 0 Å². The predicted molar refractivity (Wildman–Crippen MR) is 76.3 cm³/mol. The fourth-order valence-corrected chi connectivity index (χ4v) is 2.21. The van der Waals surface area contributed by atoms with Crippen LogP contribution >= 0.6 is 0 Å². The molecule has 1 aromatic carbocycles. The summed E-state index contributed by atoms with van der Waals surface area (Å²) in [5.74, 6) is 1.54. The van der Waals surface area contributed by atoms with Gasteiger partial charge in [0.05, 0.1) is 0 Å². The van der Waals surface area contributed by atoms with Gasteiger partial charge in [0.1, 0.15) is 5.82 Å². The normalized spacial score (nSPS) is 13.3. The summed E-state index contributed by atoms with van der Waals surface area (Å²) >= 11 is 0. The smallest absolute Gasteiger partial charge is 0.123 e. The summed E-state index contributed by atoms with van der Waals surface area (Å²) in [4.78, 5) is 0. The van der Waals surface area contributed by atoms with Crippen LogP contribution in [0.4, 0.5) is 4.39 Å². The highest BCUT2D eigenvalue weighted by atomic mass is 19.1. The molecule has 18 heavy (non-hydrogen) atoms. The quantitative estimate of drug-likeness (QED) is 0.765. The molecule has 0 spiro atoms. The van der Waals surface area contributed by atoms with E-state index in [9.17, 15) is 4.39 Å². The van der Waals surface area contributed by atoms with E-state index in [0.717, 1.165) is 25.1 Å². The summed E-state index contributed by atoms with van der Waals surface area (Å²) in [6.07, 6.45) is 1.09. The highest BCUT2D eigenvalue weighted by Crippen LogP contribution is 2.23. The third-order valence-electron chi connectivity index (χ3n) is 3.02. The summed E-state index contributed by atoms with van der Waals surface area (Å²) in [7, 11) is 0. The second-order valence-electron chi connectivity index (χ2n) is 5.93. The zero-order valence-corrected chi connectivity index (χ0v) is 12.0. The van der Waals surface area contributed by atoms with Gasteiger partial charge in [-0.2, -0.15) is 0 Å². The van der Waals surface area contributed by atoms with E-state index in [1.54, 1.807) is 12.1 Å². The first kappa shape index (κ1) is 15.2. The van der Waals surface area contributed by atoms with E-state index < -0.39 is 0 Å². The van der Waals surface area contributed by atoms with Gasteiger partial charge in [0.2, 0.25) is 0 Å². The van der Waals surface area contributed by atoms with Gasteiger partial charge < -0.3 is 5.32 Å². The van der Waals surface area contributed by atoms with Crippen LogP contribution in [0.25, 0.3) is 0 Å². The molecule has 0 saturated heterocycles. The molecule has 0 aliphatic rings. The molecular formula is C16H26FN. The van der Waals surface area contributed by atoms with Crippen LogP contribution in [-0.4, -0.2) is 13.1 Å². The second kappa shape index (κ2) is 7.52. The largest absolute Gasteiger partial charge is 0.316 e. The predicted octanol–water partition coefficient (Wildman–Crippen LogP) is 4.20. The number of rotatable bonds is 7. The third-order valence-corrected chi connectivity index (χ3v) is 3.02. The van der Waals surface area contributed by atoms with Gasteiger partial charge in [-0.15, -0.1) is 0 Å². The molecular weight excluding hydrogens is 225 g/mol. The van der Waals surface area contributed by atoms with Crippen LogP contribution in [0.5, 0.6) is 0 Å². The Morgan fingerprint density at radius 2 is 1.78 bits per heavy atom. The minimum atomic E-state index is -0.134. The zero-order chi connectivity index (χ0) is 13.5. The molecule has 2 heteroatoms. The lowest BCUT2D eigenvalue weighted by molar-refractivity contribution is 0.451.